The van der Waals surface area contributed by atoms with Crippen molar-refractivity contribution in [2.75, 3.05) is 17.7 Å². The maximum atomic E-state index is 8.59. The van der Waals surface area contributed by atoms with E-state index in [1.165, 1.54) is 11.9 Å². The van der Waals surface area contributed by atoms with Gasteiger partial charge in [0.1, 0.15) is 23.7 Å². The number of benzene rings is 1. The zero-order valence-corrected chi connectivity index (χ0v) is 11.3. The summed E-state index contributed by atoms with van der Waals surface area (Å²) in [5, 5.41) is 14.2. The average Bonchev–Trinajstić information content (AvgIpc) is 2.48. The molecule has 0 unspecified atom stereocenters. The number of nitrogens with zero attached hydrogens (tertiary/aromatic N) is 3. The standard InChI is InChI=1S/C14H15N5O/c1-3-10-4-5-12(20-2)11(6-10)19-14-7-13(16-8-15)17-9-18-14/h4-7,9H,3H2,1-2H3,(H2,16,17,18,19). The van der Waals surface area contributed by atoms with E-state index < -0.39 is 0 Å². The van der Waals surface area contributed by atoms with Crippen LogP contribution in [0.15, 0.2) is 30.6 Å². The third kappa shape index (κ3) is 3.14. The molecule has 6 nitrogen and oxygen atoms in total. The highest BCUT2D eigenvalue weighted by Gasteiger charge is 2.06. The van der Waals surface area contributed by atoms with Crippen LogP contribution < -0.4 is 15.4 Å². The van der Waals surface area contributed by atoms with Crippen molar-refractivity contribution in [1.29, 1.82) is 5.26 Å². The zero-order valence-electron chi connectivity index (χ0n) is 11.3. The Labute approximate surface area is 117 Å². The van der Waals surface area contributed by atoms with E-state index in [1.54, 1.807) is 13.2 Å². The first-order valence-electron chi connectivity index (χ1n) is 6.18. The summed E-state index contributed by atoms with van der Waals surface area (Å²) in [6.07, 6.45) is 4.14. The smallest absolute Gasteiger partial charge is 0.182 e. The fraction of sp³-hybridized carbons (Fsp3) is 0.214. The molecule has 2 rings (SSSR count). The molecule has 0 saturated heterocycles. The number of nitrogens with one attached hydrogen (secondary N) is 2. The van der Waals surface area contributed by atoms with Crippen molar-refractivity contribution in [2.24, 2.45) is 0 Å². The van der Waals surface area contributed by atoms with Gasteiger partial charge in [-0.05, 0) is 24.1 Å². The SMILES string of the molecule is CCc1ccc(OC)c(Nc2cc(NC#N)ncn2)c1. The van der Waals surface area contributed by atoms with E-state index in [2.05, 4.69) is 27.5 Å². The Hall–Kier alpha value is -2.81. The molecule has 1 heterocycles. The van der Waals surface area contributed by atoms with Crippen LogP contribution in [0.5, 0.6) is 5.75 Å². The Morgan fingerprint density at radius 2 is 2.05 bits per heavy atom. The highest BCUT2D eigenvalue weighted by Crippen LogP contribution is 2.28. The summed E-state index contributed by atoms with van der Waals surface area (Å²) in [5.41, 5.74) is 2.02. The van der Waals surface area contributed by atoms with Crippen molar-refractivity contribution in [2.45, 2.75) is 13.3 Å². The van der Waals surface area contributed by atoms with E-state index in [1.807, 2.05) is 24.4 Å². The van der Waals surface area contributed by atoms with Crippen LogP contribution in [-0.2, 0) is 6.42 Å². The van der Waals surface area contributed by atoms with Gasteiger partial charge in [0, 0.05) is 6.07 Å². The summed E-state index contributed by atoms with van der Waals surface area (Å²) >= 11 is 0. The number of ether oxygens (including phenoxy) is 1. The van der Waals surface area contributed by atoms with Crippen LogP contribution in [-0.4, -0.2) is 17.1 Å². The first kappa shape index (κ1) is 13.6. The molecule has 6 heteroatoms. The minimum Gasteiger partial charge on any atom is -0.495 e. The van der Waals surface area contributed by atoms with Crippen LogP contribution >= 0.6 is 0 Å². The summed E-state index contributed by atoms with van der Waals surface area (Å²) in [6.45, 7) is 2.09. The predicted octanol–water partition coefficient (Wildman–Crippen LogP) is 2.68. The van der Waals surface area contributed by atoms with Crippen molar-refractivity contribution < 1.29 is 4.74 Å². The van der Waals surface area contributed by atoms with Crippen LogP contribution in [0, 0.1) is 11.5 Å². The Morgan fingerprint density at radius 3 is 2.75 bits per heavy atom. The molecule has 0 aliphatic rings. The lowest BCUT2D eigenvalue weighted by molar-refractivity contribution is 0.416. The van der Waals surface area contributed by atoms with Gasteiger partial charge in [-0.25, -0.2) is 9.97 Å². The van der Waals surface area contributed by atoms with Crippen LogP contribution in [0.3, 0.4) is 0 Å². The predicted molar refractivity (Wildman–Crippen MR) is 76.9 cm³/mol. The van der Waals surface area contributed by atoms with Gasteiger partial charge in [-0.1, -0.05) is 13.0 Å². The lowest BCUT2D eigenvalue weighted by atomic mass is 10.1. The monoisotopic (exact) mass is 269 g/mol. The second kappa shape index (κ2) is 6.38. The summed E-state index contributed by atoms with van der Waals surface area (Å²) in [4.78, 5) is 8.05. The fourth-order valence-corrected chi connectivity index (χ4v) is 1.76. The van der Waals surface area contributed by atoms with Gasteiger partial charge in [-0.15, -0.1) is 0 Å². The average molecular weight is 269 g/mol. The minimum atomic E-state index is 0.440. The molecule has 0 bridgehead atoms. The van der Waals surface area contributed by atoms with Crippen molar-refractivity contribution in [3.63, 3.8) is 0 Å². The molecule has 0 spiro atoms. The Morgan fingerprint density at radius 1 is 1.25 bits per heavy atom. The summed E-state index contributed by atoms with van der Waals surface area (Å²) < 4.78 is 5.32. The molecule has 0 atom stereocenters. The Bertz CT molecular complexity index is 636. The third-order valence-corrected chi connectivity index (χ3v) is 2.79. The van der Waals surface area contributed by atoms with Crippen LogP contribution in [0.25, 0.3) is 0 Å². The van der Waals surface area contributed by atoms with Crippen LogP contribution in [0.4, 0.5) is 17.3 Å². The molecule has 0 saturated carbocycles. The highest BCUT2D eigenvalue weighted by molar-refractivity contribution is 5.66. The minimum absolute atomic E-state index is 0.440. The molecule has 20 heavy (non-hydrogen) atoms. The molecule has 2 N–H and O–H groups in total. The molecule has 1 aromatic heterocycles. The Kier molecular flexibility index (Phi) is 4.35. The largest absolute Gasteiger partial charge is 0.495 e. The van der Waals surface area contributed by atoms with E-state index in [0.29, 0.717) is 11.6 Å². The Balaban J connectivity index is 2.29. The van der Waals surface area contributed by atoms with Crippen molar-refractivity contribution in [3.05, 3.63) is 36.2 Å². The molecule has 0 amide bonds. The highest BCUT2D eigenvalue weighted by atomic mass is 16.5. The van der Waals surface area contributed by atoms with Crippen molar-refractivity contribution >= 4 is 17.3 Å². The van der Waals surface area contributed by atoms with Gasteiger partial charge in [-0.3, -0.25) is 5.32 Å². The van der Waals surface area contributed by atoms with E-state index in [9.17, 15) is 0 Å². The molecule has 1 aromatic carbocycles. The van der Waals surface area contributed by atoms with Gasteiger partial charge in [-0.2, -0.15) is 5.26 Å². The van der Waals surface area contributed by atoms with Gasteiger partial charge >= 0.3 is 0 Å². The number of methoxy groups -OCH3 is 1. The van der Waals surface area contributed by atoms with Gasteiger partial charge in [0.05, 0.1) is 12.8 Å². The maximum absolute atomic E-state index is 8.59. The second-order valence-electron chi connectivity index (χ2n) is 4.04. The molecule has 0 aliphatic heterocycles. The van der Waals surface area contributed by atoms with Gasteiger partial charge in [0.25, 0.3) is 0 Å². The third-order valence-electron chi connectivity index (χ3n) is 2.79. The normalized spacial score (nSPS) is 9.65. The first-order valence-corrected chi connectivity index (χ1v) is 6.18. The van der Waals surface area contributed by atoms with E-state index in [-0.39, 0.29) is 0 Å². The molecule has 102 valence electrons. The fourth-order valence-electron chi connectivity index (χ4n) is 1.76. The lowest BCUT2D eigenvalue weighted by Gasteiger charge is -2.12. The number of aryl methyl sites for hydroxylation is 1. The maximum Gasteiger partial charge on any atom is 0.182 e. The summed E-state index contributed by atoms with van der Waals surface area (Å²) in [5.74, 6) is 1.76. The van der Waals surface area contributed by atoms with Crippen LogP contribution in [0.1, 0.15) is 12.5 Å². The van der Waals surface area contributed by atoms with Gasteiger partial charge < -0.3 is 10.1 Å². The zero-order chi connectivity index (χ0) is 14.4. The number of anilines is 3. The molecule has 0 radical (unpaired) electrons. The quantitative estimate of drug-likeness (QED) is 0.641. The van der Waals surface area contributed by atoms with Gasteiger partial charge in [0.15, 0.2) is 6.19 Å². The van der Waals surface area contributed by atoms with Crippen LogP contribution in [0.2, 0.25) is 0 Å². The molecule has 0 fully saturated rings. The number of hydrogen-bond acceptors (Lipinski definition) is 6. The molecular formula is C14H15N5O. The molecule has 0 aliphatic carbocycles. The molecular weight excluding hydrogens is 254 g/mol. The summed E-state index contributed by atoms with van der Waals surface area (Å²) in [7, 11) is 1.62. The second-order valence-corrected chi connectivity index (χ2v) is 4.04. The number of aromatic nitrogens is 2. The van der Waals surface area contributed by atoms with Crippen molar-refractivity contribution in [3.8, 4) is 11.9 Å². The van der Waals surface area contributed by atoms with Crippen molar-refractivity contribution in [1.82, 2.24) is 9.97 Å². The number of rotatable bonds is 5. The number of nitriles is 1. The lowest BCUT2D eigenvalue weighted by Crippen LogP contribution is -2.00. The van der Waals surface area contributed by atoms with E-state index in [4.69, 9.17) is 10.00 Å². The first-order chi connectivity index (χ1) is 9.76. The summed E-state index contributed by atoms with van der Waals surface area (Å²) in [6, 6.07) is 7.60. The van der Waals surface area contributed by atoms with E-state index in [0.717, 1.165) is 17.9 Å². The van der Waals surface area contributed by atoms with Gasteiger partial charge in [0.2, 0.25) is 0 Å². The number of hydrogen-bond donors (Lipinski definition) is 2. The molecule has 2 aromatic rings. The topological polar surface area (TPSA) is 82.9 Å². The van der Waals surface area contributed by atoms with E-state index >= 15 is 0 Å².